The van der Waals surface area contributed by atoms with Crippen LogP contribution in [0.4, 0.5) is 11.4 Å². The van der Waals surface area contributed by atoms with Gasteiger partial charge in [0.1, 0.15) is 4.90 Å². The zero-order chi connectivity index (χ0) is 25.0. The number of methoxy groups -OCH3 is 1. The number of hydrogen-bond acceptors (Lipinski definition) is 7. The van der Waals surface area contributed by atoms with Crippen molar-refractivity contribution in [1.29, 1.82) is 10.7 Å². The Kier molecular flexibility index (Phi) is 8.48. The maximum atomic E-state index is 13.1. The monoisotopic (exact) mass is 546 g/mol. The molecule has 3 rings (SSSR count). The molecule has 1 atom stereocenters. The summed E-state index contributed by atoms with van der Waals surface area (Å²) in [6, 6.07) is 6.91. The quantitative estimate of drug-likeness (QED) is 0.134. The van der Waals surface area contributed by atoms with Crippen LogP contribution in [0.3, 0.4) is 0 Å². The van der Waals surface area contributed by atoms with Gasteiger partial charge in [-0.05, 0) is 37.1 Å². The van der Waals surface area contributed by atoms with E-state index in [1.165, 1.54) is 36.4 Å². The highest BCUT2D eigenvalue weighted by atomic mass is 35.5. The number of hydrogen-bond donors (Lipinski definition) is 4. The summed E-state index contributed by atoms with van der Waals surface area (Å²) >= 11 is 18.3. The van der Waals surface area contributed by atoms with Gasteiger partial charge < -0.3 is 15.2 Å². The molecule has 0 spiro atoms. The van der Waals surface area contributed by atoms with Gasteiger partial charge in [-0.2, -0.15) is 5.26 Å². The Hall–Kier alpha value is -2.30. The average molecular weight is 548 g/mol. The zero-order valence-electron chi connectivity index (χ0n) is 17.8. The SMILES string of the molecule is COC[C@@H]1CCCN1NS(=O)(=O)c1c(Cl)ccc(NC(=N)N(C#N)c2cccc(Cl)c2Cl)c1O. The number of phenols is 1. The Balaban J connectivity index is 1.90. The molecule has 10 nitrogen and oxygen atoms in total. The van der Waals surface area contributed by atoms with Crippen molar-refractivity contribution in [2.45, 2.75) is 23.8 Å². The molecule has 0 aliphatic carbocycles. The molecule has 0 saturated carbocycles. The Morgan fingerprint density at radius 3 is 2.74 bits per heavy atom. The number of hydrazine groups is 1. The minimum Gasteiger partial charge on any atom is -0.504 e. The molecule has 1 aliphatic rings. The molecule has 1 saturated heterocycles. The summed E-state index contributed by atoms with van der Waals surface area (Å²) in [5.74, 6) is -1.23. The number of anilines is 2. The van der Waals surface area contributed by atoms with Crippen LogP contribution in [-0.2, 0) is 14.8 Å². The van der Waals surface area contributed by atoms with E-state index in [1.54, 1.807) is 12.3 Å². The Labute approximate surface area is 212 Å². The van der Waals surface area contributed by atoms with Crippen molar-refractivity contribution >= 4 is 62.2 Å². The Bertz CT molecular complexity index is 1240. The molecule has 4 N–H and O–H groups in total. The number of guanidine groups is 1. The minimum atomic E-state index is -4.29. The number of sulfonamides is 1. The highest BCUT2D eigenvalue weighted by Crippen LogP contribution is 2.38. The first kappa shape index (κ1) is 26.3. The fourth-order valence-electron chi connectivity index (χ4n) is 3.50. The van der Waals surface area contributed by atoms with Gasteiger partial charge in [0.15, 0.2) is 11.9 Å². The van der Waals surface area contributed by atoms with Gasteiger partial charge in [-0.25, -0.2) is 18.3 Å². The van der Waals surface area contributed by atoms with Crippen molar-refractivity contribution < 1.29 is 18.3 Å². The maximum Gasteiger partial charge on any atom is 0.258 e. The molecule has 182 valence electrons. The maximum absolute atomic E-state index is 13.1. The number of nitrogens with zero attached hydrogens (tertiary/aromatic N) is 3. The number of ether oxygens (including phenoxy) is 1. The van der Waals surface area contributed by atoms with Crippen molar-refractivity contribution in [3.63, 3.8) is 0 Å². The summed E-state index contributed by atoms with van der Waals surface area (Å²) in [4.78, 5) is 2.70. The molecule has 2 aromatic carbocycles. The van der Waals surface area contributed by atoms with Crippen LogP contribution in [-0.4, -0.2) is 50.8 Å². The van der Waals surface area contributed by atoms with Gasteiger partial charge in [0.05, 0.1) is 33.0 Å². The standard InChI is InChI=1S/C20H21Cl3N6O4S/c1-33-10-12-4-3-9-29(12)27-34(31,32)19-14(22)7-8-15(18(19)30)26-20(25)28(11-24)16-6-2-5-13(21)17(16)23/h2,5-8,12,27,30H,3-4,9-10H2,1H3,(H2,25,26)/t12-/m0/s1. The van der Waals surface area contributed by atoms with Crippen molar-refractivity contribution in [1.82, 2.24) is 9.84 Å². The second-order valence-electron chi connectivity index (χ2n) is 7.29. The lowest BCUT2D eigenvalue weighted by Gasteiger charge is -2.25. The van der Waals surface area contributed by atoms with Gasteiger partial charge in [-0.15, -0.1) is 4.83 Å². The first-order valence-electron chi connectivity index (χ1n) is 9.89. The van der Waals surface area contributed by atoms with E-state index in [-0.39, 0.29) is 32.5 Å². The Morgan fingerprint density at radius 1 is 1.32 bits per heavy atom. The zero-order valence-corrected chi connectivity index (χ0v) is 20.9. The fourth-order valence-corrected chi connectivity index (χ4v) is 5.66. The first-order chi connectivity index (χ1) is 16.1. The van der Waals surface area contributed by atoms with Crippen LogP contribution in [0.1, 0.15) is 12.8 Å². The molecule has 1 fully saturated rings. The molecule has 14 heteroatoms. The summed E-state index contributed by atoms with van der Waals surface area (Å²) in [5.41, 5.74) is -0.0432. The molecule has 0 unspecified atom stereocenters. The van der Waals surface area contributed by atoms with Crippen LogP contribution in [0.2, 0.25) is 15.1 Å². The van der Waals surface area contributed by atoms with Crippen molar-refractivity contribution in [3.05, 3.63) is 45.4 Å². The van der Waals surface area contributed by atoms with Gasteiger partial charge in [0, 0.05) is 19.7 Å². The van der Waals surface area contributed by atoms with E-state index in [2.05, 4.69) is 10.1 Å². The van der Waals surface area contributed by atoms with Crippen LogP contribution in [0.15, 0.2) is 35.2 Å². The second-order valence-corrected chi connectivity index (χ2v) is 10.1. The van der Waals surface area contributed by atoms with Gasteiger partial charge in [-0.1, -0.05) is 40.9 Å². The normalized spacial score (nSPS) is 16.3. The van der Waals surface area contributed by atoms with Gasteiger partial charge >= 0.3 is 0 Å². The third-order valence-electron chi connectivity index (χ3n) is 5.07. The number of halogens is 3. The molecule has 0 aromatic heterocycles. The second kappa shape index (κ2) is 11.0. The van der Waals surface area contributed by atoms with Crippen molar-refractivity contribution in [2.24, 2.45) is 0 Å². The average Bonchev–Trinajstić information content (AvgIpc) is 3.19. The van der Waals surface area contributed by atoms with Crippen molar-refractivity contribution in [3.8, 4) is 11.9 Å². The topological polar surface area (TPSA) is 142 Å². The van der Waals surface area contributed by atoms with E-state index in [1.807, 2.05) is 0 Å². The molecule has 34 heavy (non-hydrogen) atoms. The molecular formula is C20H21Cl3N6O4S. The van der Waals surface area contributed by atoms with Crippen LogP contribution in [0.25, 0.3) is 0 Å². The smallest absolute Gasteiger partial charge is 0.258 e. The third-order valence-corrected chi connectivity index (χ3v) is 7.74. The number of nitriles is 1. The van der Waals surface area contributed by atoms with Gasteiger partial charge in [-0.3, -0.25) is 5.41 Å². The van der Waals surface area contributed by atoms with E-state index >= 15 is 0 Å². The molecule has 1 heterocycles. The van der Waals surface area contributed by atoms with E-state index in [0.29, 0.717) is 13.2 Å². The highest BCUT2D eigenvalue weighted by molar-refractivity contribution is 7.89. The summed E-state index contributed by atoms with van der Waals surface area (Å²) in [6.07, 6.45) is 3.30. The summed E-state index contributed by atoms with van der Waals surface area (Å²) in [7, 11) is -2.77. The fraction of sp³-hybridized carbons (Fsp3) is 0.300. The Morgan fingerprint density at radius 2 is 2.06 bits per heavy atom. The summed E-state index contributed by atoms with van der Waals surface area (Å²) < 4.78 is 31.3. The summed E-state index contributed by atoms with van der Waals surface area (Å²) in [5, 5.41) is 32.6. The van der Waals surface area contributed by atoms with Crippen molar-refractivity contribution in [2.75, 3.05) is 30.5 Å². The van der Waals surface area contributed by atoms with E-state index in [0.717, 1.165) is 17.7 Å². The van der Waals surface area contributed by atoms with E-state index in [9.17, 15) is 18.8 Å². The van der Waals surface area contributed by atoms with Gasteiger partial charge in [0.25, 0.3) is 10.0 Å². The lowest BCUT2D eigenvalue weighted by molar-refractivity contribution is 0.104. The van der Waals surface area contributed by atoms with Crippen LogP contribution >= 0.6 is 34.8 Å². The van der Waals surface area contributed by atoms with Crippen LogP contribution in [0.5, 0.6) is 5.75 Å². The van der Waals surface area contributed by atoms with Gasteiger partial charge in [0.2, 0.25) is 5.96 Å². The minimum absolute atomic E-state index is 0.0429. The van der Waals surface area contributed by atoms with Crippen LogP contribution < -0.4 is 15.0 Å². The van der Waals surface area contributed by atoms with E-state index < -0.39 is 26.6 Å². The predicted molar refractivity (Wildman–Crippen MR) is 131 cm³/mol. The number of aromatic hydroxyl groups is 1. The largest absolute Gasteiger partial charge is 0.504 e. The molecule has 2 aromatic rings. The highest BCUT2D eigenvalue weighted by Gasteiger charge is 2.32. The number of benzene rings is 2. The number of rotatable bonds is 7. The van der Waals surface area contributed by atoms with E-state index in [4.69, 9.17) is 44.9 Å². The predicted octanol–water partition coefficient (Wildman–Crippen LogP) is 3.99. The number of phenolic OH excluding ortho intramolecular Hbond substituents is 1. The molecule has 0 radical (unpaired) electrons. The van der Waals surface area contributed by atoms with Crippen LogP contribution in [0, 0.1) is 16.9 Å². The molecular weight excluding hydrogens is 527 g/mol. The lowest BCUT2D eigenvalue weighted by atomic mass is 10.2. The third kappa shape index (κ3) is 5.50. The molecule has 1 aliphatic heterocycles. The molecule has 0 amide bonds. The first-order valence-corrected chi connectivity index (χ1v) is 12.5. The number of nitrogens with one attached hydrogen (secondary N) is 3. The lowest BCUT2D eigenvalue weighted by Crippen LogP contribution is -2.46. The molecule has 0 bridgehead atoms. The summed E-state index contributed by atoms with van der Waals surface area (Å²) in [6.45, 7) is 0.794.